The minimum Gasteiger partial charge on any atom is -0.474 e. The number of nitrogens with zero attached hydrogens (tertiary/aromatic N) is 3. The Hall–Kier alpha value is -1.42. The molecule has 8 heteroatoms. The molecule has 0 saturated heterocycles. The van der Waals surface area contributed by atoms with E-state index in [0.29, 0.717) is 12.6 Å². The van der Waals surface area contributed by atoms with Crippen LogP contribution in [0.15, 0.2) is 29.5 Å². The normalized spacial score (nSPS) is 14.9. The van der Waals surface area contributed by atoms with Crippen molar-refractivity contribution in [1.82, 2.24) is 20.6 Å². The van der Waals surface area contributed by atoms with Crippen LogP contribution in [0.1, 0.15) is 54.5 Å². The van der Waals surface area contributed by atoms with E-state index in [4.69, 9.17) is 4.74 Å². The van der Waals surface area contributed by atoms with Crippen LogP contribution in [-0.4, -0.2) is 35.6 Å². The van der Waals surface area contributed by atoms with E-state index >= 15 is 0 Å². The first-order chi connectivity index (χ1) is 13.8. The summed E-state index contributed by atoms with van der Waals surface area (Å²) in [5, 5.41) is 7.84. The van der Waals surface area contributed by atoms with Crippen LogP contribution in [0, 0.1) is 0 Å². The summed E-state index contributed by atoms with van der Waals surface area (Å²) in [5.74, 6) is 1.52. The average Bonchev–Trinajstić information content (AvgIpc) is 3.20. The van der Waals surface area contributed by atoms with E-state index in [1.807, 2.05) is 18.5 Å². The number of halogens is 1. The fraction of sp³-hybridized carbons (Fsp3) is 0.571. The Labute approximate surface area is 195 Å². The van der Waals surface area contributed by atoms with Gasteiger partial charge in [-0.15, -0.1) is 35.3 Å². The summed E-state index contributed by atoms with van der Waals surface area (Å²) in [7, 11) is 1.78. The predicted octanol–water partition coefficient (Wildman–Crippen LogP) is 4.34. The van der Waals surface area contributed by atoms with Crippen LogP contribution in [-0.2, 0) is 19.4 Å². The zero-order chi connectivity index (χ0) is 19.6. The number of aryl methyl sites for hydroxylation is 1. The topological polar surface area (TPSA) is 71.4 Å². The number of thiazole rings is 1. The van der Waals surface area contributed by atoms with Crippen molar-refractivity contribution in [2.24, 2.45) is 4.99 Å². The van der Waals surface area contributed by atoms with E-state index in [1.54, 1.807) is 18.4 Å². The molecule has 2 N–H and O–H groups in total. The van der Waals surface area contributed by atoms with Gasteiger partial charge in [0.15, 0.2) is 5.96 Å². The SMILES string of the molecule is CCc1cnc(CCNC(=NC)NCc2ccc(OC3CCCCC3)nc2)s1.I. The minimum atomic E-state index is 0. The van der Waals surface area contributed by atoms with Crippen LogP contribution in [0.3, 0.4) is 0 Å². The van der Waals surface area contributed by atoms with Crippen molar-refractivity contribution in [2.45, 2.75) is 64.5 Å². The number of nitrogens with one attached hydrogen (secondary N) is 2. The quantitative estimate of drug-likeness (QED) is 0.303. The predicted molar refractivity (Wildman–Crippen MR) is 131 cm³/mol. The van der Waals surface area contributed by atoms with Gasteiger partial charge >= 0.3 is 0 Å². The largest absolute Gasteiger partial charge is 0.474 e. The Morgan fingerprint density at radius 1 is 1.17 bits per heavy atom. The lowest BCUT2D eigenvalue weighted by atomic mass is 9.98. The van der Waals surface area contributed by atoms with Crippen LogP contribution in [0.25, 0.3) is 0 Å². The van der Waals surface area contributed by atoms with Crippen LogP contribution in [0.2, 0.25) is 0 Å². The molecule has 2 aromatic rings. The second-order valence-electron chi connectivity index (χ2n) is 7.06. The maximum absolute atomic E-state index is 5.99. The monoisotopic (exact) mass is 529 g/mol. The summed E-state index contributed by atoms with van der Waals surface area (Å²) in [6, 6.07) is 4.03. The lowest BCUT2D eigenvalue weighted by Crippen LogP contribution is -2.37. The van der Waals surface area contributed by atoms with Crippen molar-refractivity contribution >= 4 is 41.3 Å². The summed E-state index contributed by atoms with van der Waals surface area (Å²) in [5.41, 5.74) is 1.10. The Morgan fingerprint density at radius 3 is 2.66 bits per heavy atom. The Bertz CT molecular complexity index is 744. The van der Waals surface area contributed by atoms with Crippen LogP contribution in [0.5, 0.6) is 5.88 Å². The maximum atomic E-state index is 5.99. The molecule has 6 nitrogen and oxygen atoms in total. The number of ether oxygens (including phenoxy) is 1. The zero-order valence-corrected chi connectivity index (χ0v) is 20.5. The van der Waals surface area contributed by atoms with Crippen molar-refractivity contribution in [3.05, 3.63) is 40.0 Å². The third-order valence-electron chi connectivity index (χ3n) is 4.90. The van der Waals surface area contributed by atoms with Gasteiger partial charge in [0, 0.05) is 49.9 Å². The molecule has 1 saturated carbocycles. The molecule has 0 spiro atoms. The molecular formula is C21H32IN5OS. The number of aliphatic imine (C=N–C) groups is 1. The van der Waals surface area contributed by atoms with Gasteiger partial charge in [0.1, 0.15) is 6.10 Å². The van der Waals surface area contributed by atoms with Crippen molar-refractivity contribution in [3.63, 3.8) is 0 Å². The second-order valence-corrected chi connectivity index (χ2v) is 8.26. The molecule has 0 bridgehead atoms. The van der Waals surface area contributed by atoms with Gasteiger partial charge in [0.25, 0.3) is 0 Å². The molecule has 3 rings (SSSR count). The first-order valence-electron chi connectivity index (χ1n) is 10.3. The molecule has 0 atom stereocenters. The van der Waals surface area contributed by atoms with E-state index in [9.17, 15) is 0 Å². The fourth-order valence-corrected chi connectivity index (χ4v) is 4.12. The molecule has 1 fully saturated rings. The fourth-order valence-electron chi connectivity index (χ4n) is 3.26. The van der Waals surface area contributed by atoms with Crippen molar-refractivity contribution in [1.29, 1.82) is 0 Å². The van der Waals surface area contributed by atoms with Crippen molar-refractivity contribution in [2.75, 3.05) is 13.6 Å². The molecule has 2 heterocycles. The lowest BCUT2D eigenvalue weighted by Gasteiger charge is -2.22. The second kappa shape index (κ2) is 13.0. The summed E-state index contributed by atoms with van der Waals surface area (Å²) in [6.07, 6.45) is 12.3. The van der Waals surface area contributed by atoms with E-state index in [0.717, 1.165) is 54.6 Å². The van der Waals surface area contributed by atoms with E-state index in [2.05, 4.69) is 38.6 Å². The van der Waals surface area contributed by atoms with Gasteiger partial charge in [-0.1, -0.05) is 19.4 Å². The number of rotatable bonds is 8. The number of hydrogen-bond donors (Lipinski definition) is 2. The lowest BCUT2D eigenvalue weighted by molar-refractivity contribution is 0.148. The molecule has 2 aromatic heterocycles. The molecular weight excluding hydrogens is 497 g/mol. The van der Waals surface area contributed by atoms with Gasteiger partial charge in [-0.25, -0.2) is 9.97 Å². The van der Waals surface area contributed by atoms with Crippen molar-refractivity contribution < 1.29 is 4.74 Å². The van der Waals surface area contributed by atoms with Crippen LogP contribution in [0.4, 0.5) is 0 Å². The molecule has 0 aliphatic heterocycles. The summed E-state index contributed by atoms with van der Waals surface area (Å²) in [6.45, 7) is 3.64. The first-order valence-corrected chi connectivity index (χ1v) is 11.1. The summed E-state index contributed by atoms with van der Waals surface area (Å²) in [4.78, 5) is 14.5. The van der Waals surface area contributed by atoms with E-state index < -0.39 is 0 Å². The number of pyridine rings is 1. The minimum absolute atomic E-state index is 0. The first kappa shape index (κ1) is 23.9. The standard InChI is InChI=1S/C21H31N5OS.HI/c1-3-18-15-25-20(28-18)11-12-23-21(22-2)26-14-16-9-10-19(24-13-16)27-17-7-5-4-6-8-17;/h9-10,13,15,17H,3-8,11-12,14H2,1-2H3,(H2,22,23,26);1H. The smallest absolute Gasteiger partial charge is 0.213 e. The van der Waals surface area contributed by atoms with E-state index in [-0.39, 0.29) is 24.0 Å². The Kier molecular flexibility index (Phi) is 10.7. The Balaban J connectivity index is 0.00000300. The van der Waals surface area contributed by atoms with Crippen LogP contribution >= 0.6 is 35.3 Å². The molecule has 1 aliphatic rings. The number of hydrogen-bond acceptors (Lipinski definition) is 5. The molecule has 29 heavy (non-hydrogen) atoms. The number of aromatic nitrogens is 2. The highest BCUT2D eigenvalue weighted by Crippen LogP contribution is 2.22. The van der Waals surface area contributed by atoms with Crippen molar-refractivity contribution in [3.8, 4) is 5.88 Å². The van der Waals surface area contributed by atoms with Gasteiger partial charge in [0.05, 0.1) is 5.01 Å². The van der Waals surface area contributed by atoms with Gasteiger partial charge < -0.3 is 15.4 Å². The third kappa shape index (κ3) is 8.08. The van der Waals surface area contributed by atoms with Crippen LogP contribution < -0.4 is 15.4 Å². The zero-order valence-electron chi connectivity index (χ0n) is 17.3. The molecule has 0 amide bonds. The third-order valence-corrected chi connectivity index (χ3v) is 6.10. The highest BCUT2D eigenvalue weighted by atomic mass is 127. The summed E-state index contributed by atoms with van der Waals surface area (Å²) < 4.78 is 5.99. The Morgan fingerprint density at radius 2 is 2.00 bits per heavy atom. The molecule has 1 aliphatic carbocycles. The highest BCUT2D eigenvalue weighted by Gasteiger charge is 2.15. The maximum Gasteiger partial charge on any atom is 0.213 e. The van der Waals surface area contributed by atoms with Gasteiger partial charge in [-0.2, -0.15) is 0 Å². The summed E-state index contributed by atoms with van der Waals surface area (Å²) >= 11 is 1.78. The molecule has 160 valence electrons. The molecule has 0 aromatic carbocycles. The molecule has 0 unspecified atom stereocenters. The molecule has 0 radical (unpaired) electrons. The average molecular weight is 529 g/mol. The van der Waals surface area contributed by atoms with E-state index in [1.165, 1.54) is 24.1 Å². The van der Waals surface area contributed by atoms with Gasteiger partial charge in [0.2, 0.25) is 5.88 Å². The number of guanidine groups is 1. The highest BCUT2D eigenvalue weighted by molar-refractivity contribution is 14.0. The van der Waals surface area contributed by atoms with Gasteiger partial charge in [-0.3, -0.25) is 4.99 Å². The van der Waals surface area contributed by atoms with Gasteiger partial charge in [-0.05, 0) is 37.7 Å².